The number of carbonyl (C=O) groups excluding carboxylic acids is 1. The van der Waals surface area contributed by atoms with Gasteiger partial charge < -0.3 is 10.2 Å². The van der Waals surface area contributed by atoms with Crippen molar-refractivity contribution in [3.63, 3.8) is 0 Å². The van der Waals surface area contributed by atoms with Gasteiger partial charge in [0.05, 0.1) is 0 Å². The third-order valence-corrected chi connectivity index (χ3v) is 3.54. The monoisotopic (exact) mass is 260 g/mol. The molecule has 3 nitrogen and oxygen atoms in total. The lowest BCUT2D eigenvalue weighted by atomic mass is 10.0. The van der Waals surface area contributed by atoms with Gasteiger partial charge in [0.25, 0.3) is 0 Å². The third kappa shape index (κ3) is 3.16. The Labute approximate surface area is 116 Å². The number of hydrogen-bond acceptors (Lipinski definition) is 2. The number of hydrogen-bond donors (Lipinski definition) is 1. The Bertz CT molecular complexity index is 454. The van der Waals surface area contributed by atoms with Gasteiger partial charge in [0.15, 0.2) is 0 Å². The fourth-order valence-corrected chi connectivity index (χ4v) is 2.75. The molecular weight excluding hydrogens is 236 g/mol. The first-order valence-corrected chi connectivity index (χ1v) is 7.14. The second-order valence-corrected chi connectivity index (χ2v) is 5.94. The molecule has 0 saturated carbocycles. The quantitative estimate of drug-likeness (QED) is 0.902. The van der Waals surface area contributed by atoms with Gasteiger partial charge in [-0.3, -0.25) is 4.79 Å². The van der Waals surface area contributed by atoms with Crippen LogP contribution >= 0.6 is 0 Å². The summed E-state index contributed by atoms with van der Waals surface area (Å²) in [5.74, 6) is 0.660. The van der Waals surface area contributed by atoms with Gasteiger partial charge in [-0.15, -0.1) is 0 Å². The van der Waals surface area contributed by atoms with Crippen molar-refractivity contribution in [1.82, 2.24) is 5.32 Å². The van der Waals surface area contributed by atoms with Gasteiger partial charge in [-0.2, -0.15) is 0 Å². The van der Waals surface area contributed by atoms with E-state index in [-0.39, 0.29) is 11.9 Å². The normalized spacial score (nSPS) is 19.8. The second-order valence-electron chi connectivity index (χ2n) is 5.94. The Morgan fingerprint density at radius 2 is 1.89 bits per heavy atom. The Hall–Kier alpha value is -1.35. The Kier molecular flexibility index (Phi) is 4.25. The molecule has 1 fully saturated rings. The van der Waals surface area contributed by atoms with E-state index in [1.165, 1.54) is 5.56 Å². The van der Waals surface area contributed by atoms with Gasteiger partial charge in [0, 0.05) is 30.7 Å². The number of nitrogens with zero attached hydrogens (tertiary/aromatic N) is 1. The smallest absolute Gasteiger partial charge is 0.228 e. The predicted octanol–water partition coefficient (Wildman–Crippen LogP) is 2.91. The number of anilines is 1. The number of benzene rings is 1. The number of amides is 1. The molecule has 19 heavy (non-hydrogen) atoms. The van der Waals surface area contributed by atoms with Crippen LogP contribution in [0.2, 0.25) is 0 Å². The fourth-order valence-electron chi connectivity index (χ4n) is 2.75. The lowest BCUT2D eigenvalue weighted by molar-refractivity contribution is -0.117. The molecule has 0 radical (unpaired) electrons. The zero-order chi connectivity index (χ0) is 14.0. The van der Waals surface area contributed by atoms with Crippen LogP contribution in [0.3, 0.4) is 0 Å². The minimum Gasteiger partial charge on any atom is -0.311 e. The molecule has 3 heteroatoms. The van der Waals surface area contributed by atoms with E-state index in [1.807, 2.05) is 17.0 Å². The Morgan fingerprint density at radius 3 is 2.53 bits per heavy atom. The highest BCUT2D eigenvalue weighted by molar-refractivity contribution is 5.97. The molecule has 1 heterocycles. The second kappa shape index (κ2) is 5.74. The van der Waals surface area contributed by atoms with E-state index in [0.717, 1.165) is 12.2 Å². The lowest BCUT2D eigenvalue weighted by Gasteiger charge is -2.22. The highest BCUT2D eigenvalue weighted by Gasteiger charge is 2.31. The molecule has 0 bridgehead atoms. The van der Waals surface area contributed by atoms with E-state index in [9.17, 15) is 4.79 Å². The molecule has 1 aromatic carbocycles. The van der Waals surface area contributed by atoms with Gasteiger partial charge in [0.1, 0.15) is 0 Å². The van der Waals surface area contributed by atoms with Gasteiger partial charge in [-0.25, -0.2) is 0 Å². The van der Waals surface area contributed by atoms with Crippen molar-refractivity contribution in [1.29, 1.82) is 0 Å². The van der Waals surface area contributed by atoms with Crippen molar-refractivity contribution in [2.45, 2.75) is 52.1 Å². The van der Waals surface area contributed by atoms with Crippen LogP contribution in [0.25, 0.3) is 0 Å². The van der Waals surface area contributed by atoms with E-state index in [2.05, 4.69) is 45.1 Å². The molecule has 1 aromatic rings. The van der Waals surface area contributed by atoms with Crippen LogP contribution < -0.4 is 10.2 Å². The minimum atomic E-state index is 0.228. The molecule has 1 N–H and O–H groups in total. The average Bonchev–Trinajstić information content (AvgIpc) is 2.69. The van der Waals surface area contributed by atoms with Crippen LogP contribution in [0.15, 0.2) is 24.3 Å². The summed E-state index contributed by atoms with van der Waals surface area (Å²) in [6, 6.07) is 8.92. The zero-order valence-electron chi connectivity index (χ0n) is 12.3. The highest BCUT2D eigenvalue weighted by Crippen LogP contribution is 2.30. The molecule has 1 saturated heterocycles. The van der Waals surface area contributed by atoms with E-state index in [0.29, 0.717) is 18.4 Å². The van der Waals surface area contributed by atoms with Gasteiger partial charge in [-0.05, 0) is 17.5 Å². The van der Waals surface area contributed by atoms with Crippen molar-refractivity contribution in [2.24, 2.45) is 0 Å². The van der Waals surface area contributed by atoms with Crippen LogP contribution in [-0.4, -0.2) is 24.5 Å². The van der Waals surface area contributed by atoms with E-state index in [1.54, 1.807) is 0 Å². The van der Waals surface area contributed by atoms with Crippen LogP contribution in [0.5, 0.6) is 0 Å². The molecule has 0 spiro atoms. The van der Waals surface area contributed by atoms with Gasteiger partial charge in [0.2, 0.25) is 5.91 Å². The number of nitrogens with one attached hydrogen (secondary N) is 1. The maximum Gasteiger partial charge on any atom is 0.228 e. The summed E-state index contributed by atoms with van der Waals surface area (Å²) < 4.78 is 0. The first-order valence-electron chi connectivity index (χ1n) is 7.14. The summed E-state index contributed by atoms with van der Waals surface area (Å²) in [6.45, 7) is 9.36. The minimum absolute atomic E-state index is 0.228. The summed E-state index contributed by atoms with van der Waals surface area (Å²) in [4.78, 5) is 14.2. The molecule has 1 unspecified atom stereocenters. The summed E-state index contributed by atoms with van der Waals surface area (Å²) >= 11 is 0. The van der Waals surface area contributed by atoms with Crippen molar-refractivity contribution >= 4 is 11.6 Å². The standard InChI is InChI=1S/C16H24N2O/c1-11(2)14-7-5-6-8-15(14)18-10-13(9-16(18)19)17-12(3)4/h5-8,11-13,17H,9-10H2,1-4H3. The van der Waals surface area contributed by atoms with Crippen LogP contribution in [-0.2, 0) is 4.79 Å². The summed E-state index contributed by atoms with van der Waals surface area (Å²) in [7, 11) is 0. The van der Waals surface area contributed by atoms with Crippen molar-refractivity contribution in [3.05, 3.63) is 29.8 Å². The molecule has 0 aliphatic carbocycles. The van der Waals surface area contributed by atoms with E-state index < -0.39 is 0 Å². The number of rotatable bonds is 4. The lowest BCUT2D eigenvalue weighted by Crippen LogP contribution is -2.37. The predicted molar refractivity (Wildman–Crippen MR) is 79.6 cm³/mol. The number of para-hydroxylation sites is 1. The SMILES string of the molecule is CC(C)NC1CC(=O)N(c2ccccc2C(C)C)C1. The molecule has 1 atom stereocenters. The third-order valence-electron chi connectivity index (χ3n) is 3.54. The van der Waals surface area contributed by atoms with Crippen molar-refractivity contribution in [3.8, 4) is 0 Å². The Balaban J connectivity index is 2.21. The topological polar surface area (TPSA) is 32.3 Å². The molecule has 1 aliphatic rings. The highest BCUT2D eigenvalue weighted by atomic mass is 16.2. The summed E-state index contributed by atoms with van der Waals surface area (Å²) in [5, 5.41) is 3.46. The average molecular weight is 260 g/mol. The van der Waals surface area contributed by atoms with Crippen LogP contribution in [0.1, 0.15) is 45.6 Å². The van der Waals surface area contributed by atoms with E-state index >= 15 is 0 Å². The van der Waals surface area contributed by atoms with Gasteiger partial charge >= 0.3 is 0 Å². The largest absolute Gasteiger partial charge is 0.311 e. The molecule has 1 amide bonds. The van der Waals surface area contributed by atoms with E-state index in [4.69, 9.17) is 0 Å². The Morgan fingerprint density at radius 1 is 1.21 bits per heavy atom. The molecule has 104 valence electrons. The molecule has 0 aromatic heterocycles. The first-order chi connectivity index (χ1) is 8.99. The van der Waals surface area contributed by atoms with Crippen molar-refractivity contribution in [2.75, 3.05) is 11.4 Å². The molecule has 1 aliphatic heterocycles. The van der Waals surface area contributed by atoms with Gasteiger partial charge in [-0.1, -0.05) is 45.9 Å². The summed E-state index contributed by atoms with van der Waals surface area (Å²) in [6.07, 6.45) is 0.602. The maximum absolute atomic E-state index is 12.2. The summed E-state index contributed by atoms with van der Waals surface area (Å²) in [5.41, 5.74) is 2.33. The fraction of sp³-hybridized carbons (Fsp3) is 0.562. The van der Waals surface area contributed by atoms with Crippen LogP contribution in [0, 0.1) is 0 Å². The maximum atomic E-state index is 12.2. The van der Waals surface area contributed by atoms with Crippen molar-refractivity contribution < 1.29 is 4.79 Å². The molecular formula is C16H24N2O. The first kappa shape index (κ1) is 14.1. The van der Waals surface area contributed by atoms with Crippen LogP contribution in [0.4, 0.5) is 5.69 Å². The molecule has 2 rings (SSSR count). The zero-order valence-corrected chi connectivity index (χ0v) is 12.3. The number of carbonyl (C=O) groups is 1.